The Bertz CT molecular complexity index is 1240. The Kier molecular flexibility index (Phi) is 6.63. The maximum Gasteiger partial charge on any atom is 0.274 e. The van der Waals surface area contributed by atoms with Gasteiger partial charge in [0.05, 0.1) is 9.77 Å². The summed E-state index contributed by atoms with van der Waals surface area (Å²) in [6.45, 7) is 0.893. The average molecular weight is 520 g/mol. The Morgan fingerprint density at radius 2 is 2.06 bits per heavy atom. The van der Waals surface area contributed by atoms with E-state index in [9.17, 15) is 14.0 Å². The van der Waals surface area contributed by atoms with E-state index in [1.165, 1.54) is 53.2 Å². The van der Waals surface area contributed by atoms with E-state index in [0.29, 0.717) is 5.02 Å². The van der Waals surface area contributed by atoms with Crippen molar-refractivity contribution in [2.75, 3.05) is 26.1 Å². The Morgan fingerprint density at radius 1 is 1.31 bits per heavy atom. The average Bonchev–Trinajstić information content (AvgIpc) is 3.42. The van der Waals surface area contributed by atoms with E-state index in [1.54, 1.807) is 20.2 Å². The predicted molar refractivity (Wildman–Crippen MR) is 134 cm³/mol. The van der Waals surface area contributed by atoms with Gasteiger partial charge in [0.25, 0.3) is 5.91 Å². The van der Waals surface area contributed by atoms with Gasteiger partial charge in [-0.3, -0.25) is 9.59 Å². The summed E-state index contributed by atoms with van der Waals surface area (Å²) in [5.41, 5.74) is 4.86. The second-order valence-electron chi connectivity index (χ2n) is 8.81. The van der Waals surface area contributed by atoms with E-state index in [4.69, 9.17) is 17.3 Å². The number of benzene rings is 1. The maximum atomic E-state index is 15.2. The minimum Gasteiger partial charge on any atom is -0.378 e. The van der Waals surface area contributed by atoms with Gasteiger partial charge in [0.1, 0.15) is 23.7 Å². The smallest absolute Gasteiger partial charge is 0.274 e. The lowest BCUT2D eigenvalue weighted by molar-refractivity contribution is -0.123. The number of nitrogens with one attached hydrogen (secondary N) is 1. The summed E-state index contributed by atoms with van der Waals surface area (Å²) < 4.78 is 29.3. The molecule has 2 unspecified atom stereocenters. The molecule has 7 nitrogen and oxygen atoms in total. The van der Waals surface area contributed by atoms with Gasteiger partial charge in [-0.05, 0) is 36.2 Å². The number of likely N-dealkylation sites (N-methyl/N-ethyl adjacent to an activating group) is 1. The number of halogens is 3. The second-order valence-corrected chi connectivity index (χ2v) is 10.6. The highest BCUT2D eigenvalue weighted by Gasteiger charge is 2.72. The van der Waals surface area contributed by atoms with E-state index in [-0.39, 0.29) is 33.9 Å². The van der Waals surface area contributed by atoms with Crippen LogP contribution in [0, 0.1) is 17.7 Å². The number of carbonyl (C=O) groups excluding carboxylic acids is 2. The topological polar surface area (TPSA) is 101 Å². The molecule has 1 aromatic heterocycles. The molecule has 1 aliphatic heterocycles. The molecule has 4 atom stereocenters. The van der Waals surface area contributed by atoms with Gasteiger partial charge in [-0.25, -0.2) is 18.8 Å². The number of nitrogens with two attached hydrogens (primary N) is 1. The van der Waals surface area contributed by atoms with Crippen molar-refractivity contribution in [1.82, 2.24) is 9.88 Å². The van der Waals surface area contributed by atoms with Crippen molar-refractivity contribution in [3.05, 3.63) is 70.8 Å². The molecule has 3 N–H and O–H groups in total. The van der Waals surface area contributed by atoms with Crippen molar-refractivity contribution in [3.8, 4) is 0 Å². The Balaban J connectivity index is 1.71. The minimum atomic E-state index is -1.61. The van der Waals surface area contributed by atoms with Gasteiger partial charge < -0.3 is 16.0 Å². The Labute approximate surface area is 210 Å². The lowest BCUT2D eigenvalue weighted by Crippen LogP contribution is -2.39. The van der Waals surface area contributed by atoms with Gasteiger partial charge in [-0.15, -0.1) is 0 Å². The lowest BCUT2D eigenvalue weighted by atomic mass is 9.84. The number of amidine groups is 1. The van der Waals surface area contributed by atoms with Crippen LogP contribution >= 0.6 is 23.4 Å². The van der Waals surface area contributed by atoms with E-state index >= 15 is 4.39 Å². The van der Waals surface area contributed by atoms with Crippen molar-refractivity contribution < 1.29 is 18.4 Å². The van der Waals surface area contributed by atoms with Gasteiger partial charge in [0, 0.05) is 43.5 Å². The fourth-order valence-electron chi connectivity index (χ4n) is 4.66. The first-order valence-electron chi connectivity index (χ1n) is 10.8. The monoisotopic (exact) mass is 519 g/mol. The molecule has 0 spiro atoms. The number of pyridine rings is 1. The van der Waals surface area contributed by atoms with Gasteiger partial charge >= 0.3 is 0 Å². The van der Waals surface area contributed by atoms with Crippen molar-refractivity contribution in [3.63, 3.8) is 0 Å². The van der Waals surface area contributed by atoms with Crippen molar-refractivity contribution in [1.29, 1.82) is 0 Å². The van der Waals surface area contributed by atoms with Crippen LogP contribution in [0.3, 0.4) is 0 Å². The predicted octanol–water partition coefficient (Wildman–Crippen LogP) is 4.00. The number of anilines is 1. The molecular formula is C24H24ClF2N5O2S. The fraction of sp³-hybridized carbons (Fsp3) is 0.333. The number of amides is 2. The lowest BCUT2D eigenvalue weighted by Gasteiger charge is -2.34. The fourth-order valence-corrected chi connectivity index (χ4v) is 6.26. The summed E-state index contributed by atoms with van der Waals surface area (Å²) in [6.07, 6.45) is 4.48. The molecule has 1 aliphatic carbocycles. The van der Waals surface area contributed by atoms with Crippen molar-refractivity contribution in [2.24, 2.45) is 22.6 Å². The van der Waals surface area contributed by atoms with Crippen LogP contribution in [0.2, 0.25) is 5.02 Å². The molecule has 2 heterocycles. The highest BCUT2D eigenvalue weighted by Crippen LogP contribution is 2.70. The zero-order valence-electron chi connectivity index (χ0n) is 19.3. The third-order valence-electron chi connectivity index (χ3n) is 6.48. The number of aromatic nitrogens is 1. The first-order chi connectivity index (χ1) is 16.5. The number of fused-ring (bicyclic) bond motifs is 1. The molecule has 184 valence electrons. The van der Waals surface area contributed by atoms with Crippen LogP contribution < -0.4 is 11.1 Å². The normalized spacial score (nSPS) is 27.2. The summed E-state index contributed by atoms with van der Waals surface area (Å²) in [4.78, 5) is 34.5. The minimum absolute atomic E-state index is 0.0174. The molecule has 2 amide bonds. The quantitative estimate of drug-likeness (QED) is 0.562. The molecule has 1 fully saturated rings. The van der Waals surface area contributed by atoms with Crippen molar-refractivity contribution >= 4 is 46.0 Å². The Hall–Kier alpha value is -2.98. The van der Waals surface area contributed by atoms with Gasteiger partial charge in [-0.1, -0.05) is 36.4 Å². The summed E-state index contributed by atoms with van der Waals surface area (Å²) in [5, 5.41) is 3.14. The van der Waals surface area contributed by atoms with Crippen LogP contribution in [-0.4, -0.2) is 52.4 Å². The number of aliphatic imine (C=N–C) groups is 1. The molecule has 1 aromatic carbocycles. The molecule has 4 rings (SSSR count). The van der Waals surface area contributed by atoms with E-state index in [2.05, 4.69) is 15.3 Å². The second kappa shape index (κ2) is 9.23. The molecule has 1 saturated carbocycles. The number of hydrogen-bond acceptors (Lipinski definition) is 6. The third-order valence-corrected chi connectivity index (χ3v) is 8.12. The number of rotatable bonds is 6. The number of thioether (sulfide) groups is 1. The van der Waals surface area contributed by atoms with Crippen LogP contribution in [0.25, 0.3) is 0 Å². The zero-order chi connectivity index (χ0) is 25.5. The molecule has 0 saturated heterocycles. The molecule has 35 heavy (non-hydrogen) atoms. The molecule has 0 radical (unpaired) electrons. The maximum absolute atomic E-state index is 15.2. The van der Waals surface area contributed by atoms with Crippen LogP contribution in [0.1, 0.15) is 23.0 Å². The first-order valence-corrected chi connectivity index (χ1v) is 12.0. The highest BCUT2D eigenvalue weighted by atomic mass is 35.5. The summed E-state index contributed by atoms with van der Waals surface area (Å²) in [5.74, 6) is -2.03. The van der Waals surface area contributed by atoms with Crippen molar-refractivity contribution in [2.45, 2.75) is 17.2 Å². The largest absolute Gasteiger partial charge is 0.378 e. The van der Waals surface area contributed by atoms with Crippen LogP contribution in [0.4, 0.5) is 14.5 Å². The number of alkyl halides is 1. The van der Waals surface area contributed by atoms with Crippen LogP contribution in [0.5, 0.6) is 0 Å². The van der Waals surface area contributed by atoms with E-state index in [0.717, 1.165) is 6.07 Å². The standard InChI is InChI=1S/C24H24ClF2N5O2S/c1-13-20-23(12-26,31-22(28)35-24(13,20)9-8-19(33)32(2)3)16-10-15(5-6-17(16)27)30-21(34)18-7-4-14(25)11-29-18/h4-11,13,20H,12H2,1-3H3,(H2,28,31)(H,30,34)/b9-8+/t13-,20?,23+,24?/m0/s1. The number of hydrogen-bond donors (Lipinski definition) is 2. The van der Waals surface area contributed by atoms with Crippen LogP contribution in [-0.2, 0) is 10.3 Å². The SMILES string of the molecule is C[C@H]1C2C1(/C=C/C(=O)N(C)C)SC(N)=N[C@]2(CF)c1cc(NC(=O)c2ccc(Cl)cn2)ccc1F. The summed E-state index contributed by atoms with van der Waals surface area (Å²) >= 11 is 7.07. The first kappa shape index (κ1) is 25.1. The van der Waals surface area contributed by atoms with E-state index < -0.39 is 34.6 Å². The zero-order valence-corrected chi connectivity index (χ0v) is 20.8. The number of carbonyl (C=O) groups is 2. The van der Waals surface area contributed by atoms with Gasteiger partial charge in [-0.2, -0.15) is 0 Å². The van der Waals surface area contributed by atoms with Gasteiger partial charge in [0.15, 0.2) is 5.17 Å². The summed E-state index contributed by atoms with van der Waals surface area (Å²) in [7, 11) is 3.26. The highest BCUT2D eigenvalue weighted by molar-refractivity contribution is 8.15. The molecule has 0 bridgehead atoms. The van der Waals surface area contributed by atoms with Gasteiger partial charge in [0.2, 0.25) is 5.91 Å². The molecule has 11 heteroatoms. The van der Waals surface area contributed by atoms with E-state index in [1.807, 2.05) is 6.92 Å². The Morgan fingerprint density at radius 3 is 2.69 bits per heavy atom. The molecule has 2 aliphatic rings. The number of nitrogens with zero attached hydrogens (tertiary/aromatic N) is 3. The summed E-state index contributed by atoms with van der Waals surface area (Å²) in [6, 6.07) is 6.89. The molecule has 2 aromatic rings. The third kappa shape index (κ3) is 4.40. The van der Waals surface area contributed by atoms with Crippen LogP contribution in [0.15, 0.2) is 53.7 Å². The molecular weight excluding hydrogens is 496 g/mol.